The lowest BCUT2D eigenvalue weighted by Gasteiger charge is -2.08. The number of nitrogens with zero attached hydrogens (tertiary/aromatic N) is 1. The van der Waals surface area contributed by atoms with Gasteiger partial charge in [-0.25, -0.2) is 0 Å². The Hall–Kier alpha value is -2.75. The predicted octanol–water partition coefficient (Wildman–Crippen LogP) is 3.60. The summed E-state index contributed by atoms with van der Waals surface area (Å²) >= 11 is 0. The first-order valence-corrected chi connectivity index (χ1v) is 6.88. The van der Waals surface area contributed by atoms with Crippen molar-refractivity contribution in [2.24, 2.45) is 0 Å². The fourth-order valence-corrected chi connectivity index (χ4v) is 2.00. The Bertz CT molecular complexity index is 648. The topological polar surface area (TPSA) is 49.9 Å². The zero-order chi connectivity index (χ0) is 14.3. The maximum Gasteiger partial charge on any atom is 0.119 e. The van der Waals surface area contributed by atoms with Gasteiger partial charge in [-0.15, -0.1) is 0 Å². The molecule has 0 fully saturated rings. The van der Waals surface area contributed by atoms with E-state index in [0.717, 1.165) is 18.0 Å². The van der Waals surface area contributed by atoms with Crippen molar-refractivity contribution in [1.82, 2.24) is 10.2 Å². The molecule has 0 saturated heterocycles. The maximum absolute atomic E-state index is 5.76. The van der Waals surface area contributed by atoms with Gasteiger partial charge in [0.1, 0.15) is 12.4 Å². The third kappa shape index (κ3) is 3.86. The first-order chi connectivity index (χ1) is 10.4. The van der Waals surface area contributed by atoms with Crippen LogP contribution in [0.1, 0.15) is 11.1 Å². The highest BCUT2D eigenvalue weighted by Crippen LogP contribution is 2.15. The lowest BCUT2D eigenvalue weighted by molar-refractivity contribution is 0.306. The number of rotatable bonds is 6. The van der Waals surface area contributed by atoms with E-state index in [4.69, 9.17) is 4.74 Å². The van der Waals surface area contributed by atoms with Gasteiger partial charge >= 0.3 is 0 Å². The summed E-state index contributed by atoms with van der Waals surface area (Å²) in [4.78, 5) is 0. The highest BCUT2D eigenvalue weighted by atomic mass is 16.5. The number of benzene rings is 2. The average molecular weight is 279 g/mol. The number of hydrogen-bond donors (Lipinski definition) is 2. The van der Waals surface area contributed by atoms with Crippen molar-refractivity contribution >= 4 is 5.69 Å². The molecule has 0 saturated carbocycles. The largest absolute Gasteiger partial charge is 0.489 e. The van der Waals surface area contributed by atoms with Gasteiger partial charge in [0.15, 0.2) is 0 Å². The molecule has 2 N–H and O–H groups in total. The van der Waals surface area contributed by atoms with Gasteiger partial charge in [0.2, 0.25) is 0 Å². The normalized spacial score (nSPS) is 10.3. The molecule has 0 aliphatic carbocycles. The lowest BCUT2D eigenvalue weighted by atomic mass is 10.2. The van der Waals surface area contributed by atoms with Gasteiger partial charge in [-0.1, -0.05) is 42.5 Å². The van der Waals surface area contributed by atoms with E-state index in [1.54, 1.807) is 6.20 Å². The van der Waals surface area contributed by atoms with Crippen LogP contribution in [0.25, 0.3) is 0 Å². The fourth-order valence-electron chi connectivity index (χ4n) is 2.00. The van der Waals surface area contributed by atoms with E-state index < -0.39 is 0 Å². The number of aromatic amines is 1. The van der Waals surface area contributed by atoms with E-state index >= 15 is 0 Å². The van der Waals surface area contributed by atoms with Crippen LogP contribution in [0.2, 0.25) is 0 Å². The first-order valence-electron chi connectivity index (χ1n) is 6.88. The van der Waals surface area contributed by atoms with Gasteiger partial charge in [-0.2, -0.15) is 5.10 Å². The van der Waals surface area contributed by atoms with Crippen LogP contribution in [0.3, 0.4) is 0 Å². The SMILES string of the molecule is c1ccc(COc2ccc(CNc3cn[nH]c3)cc2)cc1. The molecule has 0 bridgehead atoms. The van der Waals surface area contributed by atoms with Crippen molar-refractivity contribution in [3.63, 3.8) is 0 Å². The second-order valence-electron chi connectivity index (χ2n) is 4.76. The van der Waals surface area contributed by atoms with E-state index in [1.807, 2.05) is 36.5 Å². The molecule has 2 aromatic carbocycles. The standard InChI is InChI=1S/C17H17N3O/c1-2-4-15(5-3-1)13-21-17-8-6-14(7-9-17)10-18-16-11-19-20-12-16/h1-9,11-12,18H,10,13H2,(H,19,20). The van der Waals surface area contributed by atoms with Gasteiger partial charge in [0.25, 0.3) is 0 Å². The Morgan fingerprint density at radius 3 is 2.48 bits per heavy atom. The molecule has 0 aliphatic heterocycles. The van der Waals surface area contributed by atoms with Crippen molar-refractivity contribution in [3.8, 4) is 5.75 Å². The van der Waals surface area contributed by atoms with Crippen molar-refractivity contribution in [1.29, 1.82) is 0 Å². The lowest BCUT2D eigenvalue weighted by Crippen LogP contribution is -1.99. The van der Waals surface area contributed by atoms with E-state index in [1.165, 1.54) is 11.1 Å². The van der Waals surface area contributed by atoms with Crippen LogP contribution in [0.5, 0.6) is 5.75 Å². The molecule has 3 aromatic rings. The molecule has 4 nitrogen and oxygen atoms in total. The quantitative estimate of drug-likeness (QED) is 0.725. The third-order valence-electron chi connectivity index (χ3n) is 3.17. The maximum atomic E-state index is 5.76. The molecular formula is C17H17N3O. The monoisotopic (exact) mass is 279 g/mol. The van der Waals surface area contributed by atoms with Crippen LogP contribution < -0.4 is 10.1 Å². The van der Waals surface area contributed by atoms with Crippen LogP contribution in [0.15, 0.2) is 67.0 Å². The Morgan fingerprint density at radius 2 is 1.76 bits per heavy atom. The summed E-state index contributed by atoms with van der Waals surface area (Å²) in [7, 11) is 0. The highest BCUT2D eigenvalue weighted by Gasteiger charge is 1.98. The Kier molecular flexibility index (Phi) is 4.17. The molecule has 1 aromatic heterocycles. The molecule has 3 rings (SSSR count). The number of H-pyrrole nitrogens is 1. The minimum absolute atomic E-state index is 0.591. The van der Waals surface area contributed by atoms with Crippen molar-refractivity contribution < 1.29 is 4.74 Å². The number of anilines is 1. The number of hydrogen-bond acceptors (Lipinski definition) is 3. The predicted molar refractivity (Wildman–Crippen MR) is 83.1 cm³/mol. The van der Waals surface area contributed by atoms with Crippen LogP contribution >= 0.6 is 0 Å². The minimum Gasteiger partial charge on any atom is -0.489 e. The molecule has 1 heterocycles. The van der Waals surface area contributed by atoms with Crippen molar-refractivity contribution in [2.45, 2.75) is 13.2 Å². The second kappa shape index (κ2) is 6.61. The van der Waals surface area contributed by atoms with Gasteiger partial charge in [-0.05, 0) is 23.3 Å². The Labute approximate surface area is 123 Å². The molecule has 0 unspecified atom stereocenters. The number of ether oxygens (including phenoxy) is 1. The molecular weight excluding hydrogens is 262 g/mol. The highest BCUT2D eigenvalue weighted by molar-refractivity contribution is 5.39. The van der Waals surface area contributed by atoms with E-state index in [9.17, 15) is 0 Å². The summed E-state index contributed by atoms with van der Waals surface area (Å²) in [6, 6.07) is 18.3. The van der Waals surface area contributed by atoms with Gasteiger partial charge in [0, 0.05) is 12.7 Å². The van der Waals surface area contributed by atoms with Crippen LogP contribution in [-0.2, 0) is 13.2 Å². The molecule has 106 valence electrons. The molecule has 0 radical (unpaired) electrons. The molecule has 0 spiro atoms. The van der Waals surface area contributed by atoms with E-state index in [0.29, 0.717) is 6.61 Å². The summed E-state index contributed by atoms with van der Waals surface area (Å²) in [5, 5.41) is 9.95. The summed E-state index contributed by atoms with van der Waals surface area (Å²) in [5.74, 6) is 0.880. The Morgan fingerprint density at radius 1 is 0.952 bits per heavy atom. The summed E-state index contributed by atoms with van der Waals surface area (Å²) < 4.78 is 5.76. The smallest absolute Gasteiger partial charge is 0.119 e. The fraction of sp³-hybridized carbons (Fsp3) is 0.118. The molecule has 0 atom stereocenters. The van der Waals surface area contributed by atoms with Gasteiger partial charge in [0.05, 0.1) is 11.9 Å². The van der Waals surface area contributed by atoms with Crippen LogP contribution in [0.4, 0.5) is 5.69 Å². The first kappa shape index (κ1) is 13.2. The zero-order valence-corrected chi connectivity index (χ0v) is 11.6. The summed E-state index contributed by atoms with van der Waals surface area (Å²) in [5.41, 5.74) is 3.35. The summed E-state index contributed by atoms with van der Waals surface area (Å²) in [6.45, 7) is 1.35. The average Bonchev–Trinajstić information content (AvgIpc) is 3.06. The Balaban J connectivity index is 1.52. The zero-order valence-electron chi connectivity index (χ0n) is 11.6. The third-order valence-corrected chi connectivity index (χ3v) is 3.17. The van der Waals surface area contributed by atoms with E-state index in [2.05, 4.69) is 39.8 Å². The van der Waals surface area contributed by atoms with Crippen LogP contribution in [0, 0.1) is 0 Å². The number of nitrogens with one attached hydrogen (secondary N) is 2. The van der Waals surface area contributed by atoms with Crippen molar-refractivity contribution in [3.05, 3.63) is 78.1 Å². The van der Waals surface area contributed by atoms with Crippen molar-refractivity contribution in [2.75, 3.05) is 5.32 Å². The summed E-state index contributed by atoms with van der Waals surface area (Å²) in [6.07, 6.45) is 3.59. The second-order valence-corrected chi connectivity index (χ2v) is 4.76. The number of aromatic nitrogens is 2. The van der Waals surface area contributed by atoms with Gasteiger partial charge in [-0.3, -0.25) is 5.10 Å². The molecule has 21 heavy (non-hydrogen) atoms. The minimum atomic E-state index is 0.591. The molecule has 0 aliphatic rings. The van der Waals surface area contributed by atoms with Gasteiger partial charge < -0.3 is 10.1 Å². The van der Waals surface area contributed by atoms with Crippen LogP contribution in [-0.4, -0.2) is 10.2 Å². The molecule has 4 heteroatoms. The molecule has 0 amide bonds. The van der Waals surface area contributed by atoms with E-state index in [-0.39, 0.29) is 0 Å².